The highest BCUT2D eigenvalue weighted by Gasteiger charge is 2.08. The quantitative estimate of drug-likeness (QED) is 0.889. The Hall–Kier alpha value is -1.88. The first-order valence-electron chi connectivity index (χ1n) is 5.67. The van der Waals surface area contributed by atoms with Gasteiger partial charge < -0.3 is 10.6 Å². The van der Waals surface area contributed by atoms with Crippen molar-refractivity contribution < 1.29 is 4.79 Å². The van der Waals surface area contributed by atoms with Gasteiger partial charge in [0.15, 0.2) is 0 Å². The van der Waals surface area contributed by atoms with Crippen LogP contribution in [0.4, 0.5) is 5.69 Å². The number of carbonyl (C=O) groups is 1. The summed E-state index contributed by atoms with van der Waals surface area (Å²) in [4.78, 5) is 15.8. The number of benzene rings is 1. The molecular formula is C13H15N3OS. The summed E-state index contributed by atoms with van der Waals surface area (Å²) in [6.07, 6.45) is 0. The maximum atomic E-state index is 11.5. The second-order valence-corrected chi connectivity index (χ2v) is 4.66. The van der Waals surface area contributed by atoms with E-state index < -0.39 is 0 Å². The molecule has 18 heavy (non-hydrogen) atoms. The van der Waals surface area contributed by atoms with Gasteiger partial charge in [0.25, 0.3) is 5.91 Å². The van der Waals surface area contributed by atoms with E-state index in [0.717, 1.165) is 11.4 Å². The molecule has 0 saturated heterocycles. The zero-order valence-corrected chi connectivity index (χ0v) is 11.1. The van der Waals surface area contributed by atoms with Crippen LogP contribution in [0.1, 0.15) is 29.0 Å². The molecule has 5 heteroatoms. The smallest absolute Gasteiger partial charge is 0.251 e. The summed E-state index contributed by atoms with van der Waals surface area (Å²) in [7, 11) is 1.63. The molecular weight excluding hydrogens is 246 g/mol. The standard InChI is InChI=1S/C13H15N3OS/c1-9(12-7-18-8-15-12)16-11-5-3-4-10(6-11)13(17)14-2/h3-9,16H,1-2H3,(H,14,17). The molecule has 1 amide bonds. The highest BCUT2D eigenvalue weighted by atomic mass is 32.1. The number of aromatic nitrogens is 1. The van der Waals surface area contributed by atoms with Gasteiger partial charge in [-0.25, -0.2) is 4.98 Å². The van der Waals surface area contributed by atoms with Crippen molar-refractivity contribution >= 4 is 22.9 Å². The molecule has 1 aromatic carbocycles. The number of amides is 1. The fraction of sp³-hybridized carbons (Fsp3) is 0.231. The minimum Gasteiger partial charge on any atom is -0.377 e. The van der Waals surface area contributed by atoms with E-state index in [1.54, 1.807) is 24.5 Å². The van der Waals surface area contributed by atoms with Gasteiger partial charge in [-0.15, -0.1) is 11.3 Å². The van der Waals surface area contributed by atoms with Crippen molar-refractivity contribution in [3.8, 4) is 0 Å². The van der Waals surface area contributed by atoms with E-state index in [-0.39, 0.29) is 11.9 Å². The summed E-state index contributed by atoms with van der Waals surface area (Å²) in [5.74, 6) is -0.0834. The third-order valence-electron chi connectivity index (χ3n) is 2.63. The Kier molecular flexibility index (Phi) is 3.94. The number of nitrogens with one attached hydrogen (secondary N) is 2. The van der Waals surface area contributed by atoms with Crippen LogP contribution in [0, 0.1) is 0 Å². The molecule has 2 N–H and O–H groups in total. The van der Waals surface area contributed by atoms with Crippen molar-refractivity contribution in [2.75, 3.05) is 12.4 Å². The van der Waals surface area contributed by atoms with Gasteiger partial charge in [-0.3, -0.25) is 4.79 Å². The molecule has 1 aromatic heterocycles. The lowest BCUT2D eigenvalue weighted by Gasteiger charge is -2.13. The number of thiazole rings is 1. The lowest BCUT2D eigenvalue weighted by atomic mass is 10.1. The van der Waals surface area contributed by atoms with Crippen LogP contribution in [-0.4, -0.2) is 17.9 Å². The third-order valence-corrected chi connectivity index (χ3v) is 3.23. The number of hydrogen-bond donors (Lipinski definition) is 2. The Labute approximate surface area is 110 Å². The van der Waals surface area contributed by atoms with Crippen molar-refractivity contribution in [2.24, 2.45) is 0 Å². The molecule has 0 fully saturated rings. The second-order valence-electron chi connectivity index (χ2n) is 3.94. The Morgan fingerprint density at radius 1 is 1.44 bits per heavy atom. The highest BCUT2D eigenvalue weighted by molar-refractivity contribution is 7.07. The summed E-state index contributed by atoms with van der Waals surface area (Å²) in [6, 6.07) is 7.55. The van der Waals surface area contributed by atoms with Crippen LogP contribution in [0.25, 0.3) is 0 Å². The van der Waals surface area contributed by atoms with E-state index in [1.807, 2.05) is 36.0 Å². The molecule has 2 aromatic rings. The van der Waals surface area contributed by atoms with Gasteiger partial charge in [0.2, 0.25) is 0 Å². The summed E-state index contributed by atoms with van der Waals surface area (Å²) in [6.45, 7) is 2.04. The van der Waals surface area contributed by atoms with Gasteiger partial charge in [0, 0.05) is 23.7 Å². The van der Waals surface area contributed by atoms with Gasteiger partial charge >= 0.3 is 0 Å². The highest BCUT2D eigenvalue weighted by Crippen LogP contribution is 2.19. The van der Waals surface area contributed by atoms with Crippen LogP contribution < -0.4 is 10.6 Å². The zero-order valence-electron chi connectivity index (χ0n) is 10.3. The van der Waals surface area contributed by atoms with Crippen LogP contribution >= 0.6 is 11.3 Å². The Morgan fingerprint density at radius 3 is 2.94 bits per heavy atom. The molecule has 0 spiro atoms. The van der Waals surface area contributed by atoms with E-state index in [4.69, 9.17) is 0 Å². The van der Waals surface area contributed by atoms with Crippen molar-refractivity contribution in [1.29, 1.82) is 0 Å². The molecule has 1 unspecified atom stereocenters. The molecule has 0 aliphatic rings. The molecule has 0 radical (unpaired) electrons. The molecule has 1 atom stereocenters. The number of hydrogen-bond acceptors (Lipinski definition) is 4. The number of anilines is 1. The lowest BCUT2D eigenvalue weighted by Crippen LogP contribution is -2.18. The number of rotatable bonds is 4. The lowest BCUT2D eigenvalue weighted by molar-refractivity contribution is 0.0963. The summed E-state index contributed by atoms with van der Waals surface area (Å²) >= 11 is 1.57. The van der Waals surface area contributed by atoms with Gasteiger partial charge in [-0.2, -0.15) is 0 Å². The fourth-order valence-electron chi connectivity index (χ4n) is 1.65. The molecule has 2 rings (SSSR count). The fourth-order valence-corrected chi connectivity index (χ4v) is 2.30. The minimum atomic E-state index is -0.0834. The summed E-state index contributed by atoms with van der Waals surface area (Å²) in [5.41, 5.74) is 4.38. The second kappa shape index (κ2) is 5.64. The Bertz CT molecular complexity index is 525. The van der Waals surface area contributed by atoms with Gasteiger partial charge in [0.1, 0.15) is 0 Å². The average Bonchev–Trinajstić information content (AvgIpc) is 2.92. The maximum absolute atomic E-state index is 11.5. The van der Waals surface area contributed by atoms with Crippen molar-refractivity contribution in [1.82, 2.24) is 10.3 Å². The van der Waals surface area contributed by atoms with Crippen LogP contribution in [0.5, 0.6) is 0 Å². The van der Waals surface area contributed by atoms with Gasteiger partial charge in [-0.1, -0.05) is 6.07 Å². The molecule has 0 aliphatic carbocycles. The molecule has 94 valence electrons. The van der Waals surface area contributed by atoms with E-state index >= 15 is 0 Å². The van der Waals surface area contributed by atoms with E-state index in [9.17, 15) is 4.79 Å². The zero-order chi connectivity index (χ0) is 13.0. The Balaban J connectivity index is 2.12. The normalized spacial score (nSPS) is 11.9. The maximum Gasteiger partial charge on any atom is 0.251 e. The van der Waals surface area contributed by atoms with Crippen LogP contribution in [-0.2, 0) is 0 Å². The molecule has 0 aliphatic heterocycles. The van der Waals surface area contributed by atoms with Crippen molar-refractivity contribution in [3.63, 3.8) is 0 Å². The van der Waals surface area contributed by atoms with Crippen LogP contribution in [0.3, 0.4) is 0 Å². The minimum absolute atomic E-state index is 0.0834. The van der Waals surface area contributed by atoms with Crippen LogP contribution in [0.15, 0.2) is 35.2 Å². The molecule has 0 bridgehead atoms. The number of nitrogens with zero attached hydrogens (tertiary/aromatic N) is 1. The largest absolute Gasteiger partial charge is 0.377 e. The van der Waals surface area contributed by atoms with Crippen molar-refractivity contribution in [2.45, 2.75) is 13.0 Å². The monoisotopic (exact) mass is 261 g/mol. The molecule has 0 saturated carbocycles. The Morgan fingerprint density at radius 2 is 2.28 bits per heavy atom. The SMILES string of the molecule is CNC(=O)c1cccc(NC(C)c2cscn2)c1. The van der Waals surface area contributed by atoms with E-state index in [1.165, 1.54) is 0 Å². The first kappa shape index (κ1) is 12.6. The van der Waals surface area contributed by atoms with Crippen molar-refractivity contribution in [3.05, 3.63) is 46.4 Å². The van der Waals surface area contributed by atoms with E-state index in [2.05, 4.69) is 15.6 Å². The van der Waals surface area contributed by atoms with Crippen LogP contribution in [0.2, 0.25) is 0 Å². The topological polar surface area (TPSA) is 54.0 Å². The van der Waals surface area contributed by atoms with Gasteiger partial charge in [0.05, 0.1) is 17.2 Å². The predicted octanol–water partition coefficient (Wildman–Crippen LogP) is 2.68. The first-order chi connectivity index (χ1) is 8.70. The van der Waals surface area contributed by atoms with E-state index in [0.29, 0.717) is 5.56 Å². The molecule has 1 heterocycles. The average molecular weight is 261 g/mol. The third kappa shape index (κ3) is 2.87. The predicted molar refractivity (Wildman–Crippen MR) is 74.0 cm³/mol. The number of carbonyl (C=O) groups excluding carboxylic acids is 1. The first-order valence-corrected chi connectivity index (χ1v) is 6.61. The summed E-state index contributed by atoms with van der Waals surface area (Å²) < 4.78 is 0. The molecule has 4 nitrogen and oxygen atoms in total. The summed E-state index contributed by atoms with van der Waals surface area (Å²) in [5, 5.41) is 7.95. The van der Waals surface area contributed by atoms with Gasteiger partial charge in [-0.05, 0) is 25.1 Å².